The van der Waals surface area contributed by atoms with Gasteiger partial charge in [-0.25, -0.2) is 0 Å². The average Bonchev–Trinajstić information content (AvgIpc) is 2.57. The fourth-order valence-corrected chi connectivity index (χ4v) is 2.49. The number of carbonyl (C=O) groups is 1. The topological polar surface area (TPSA) is 46.3 Å². The number of amides is 1. The number of rotatable bonds is 3. The molecule has 2 N–H and O–H groups in total. The Balaban J connectivity index is 2.77. The van der Waals surface area contributed by atoms with Crippen LogP contribution in [0.5, 0.6) is 0 Å². The van der Waals surface area contributed by atoms with Crippen LogP contribution in [0.25, 0.3) is 0 Å². The van der Waals surface area contributed by atoms with Crippen molar-refractivity contribution in [3.8, 4) is 0 Å². The van der Waals surface area contributed by atoms with E-state index in [1.807, 2.05) is 18.9 Å². The van der Waals surface area contributed by atoms with E-state index in [2.05, 4.69) is 20.8 Å². The summed E-state index contributed by atoms with van der Waals surface area (Å²) in [6, 6.07) is 0.305. The summed E-state index contributed by atoms with van der Waals surface area (Å²) < 4.78 is 0. The Morgan fingerprint density at radius 2 is 2.00 bits per heavy atom. The SMILES string of the molecule is CC(C)C(C)N(C)C(=O)C1(C)CCCC1N. The summed E-state index contributed by atoms with van der Waals surface area (Å²) in [6.07, 6.45) is 2.99. The molecular weight excluding hydrogens is 200 g/mol. The average molecular weight is 226 g/mol. The fraction of sp³-hybridized carbons (Fsp3) is 0.923. The minimum absolute atomic E-state index is 0.0295. The standard InChI is InChI=1S/C13H26N2O/c1-9(2)10(3)15(5)12(16)13(4)8-6-7-11(13)14/h9-11H,6-8,14H2,1-5H3. The molecule has 0 aliphatic heterocycles. The maximum atomic E-state index is 12.5. The van der Waals surface area contributed by atoms with E-state index in [1.165, 1.54) is 0 Å². The first-order valence-electron chi connectivity index (χ1n) is 6.33. The maximum absolute atomic E-state index is 12.5. The van der Waals surface area contributed by atoms with Crippen LogP contribution in [0.3, 0.4) is 0 Å². The van der Waals surface area contributed by atoms with Crippen molar-refractivity contribution in [3.63, 3.8) is 0 Å². The lowest BCUT2D eigenvalue weighted by atomic mass is 9.83. The van der Waals surface area contributed by atoms with Crippen molar-refractivity contribution in [2.45, 2.75) is 59.0 Å². The lowest BCUT2D eigenvalue weighted by Gasteiger charge is -2.37. The Hall–Kier alpha value is -0.570. The molecule has 3 atom stereocenters. The van der Waals surface area contributed by atoms with Crippen LogP contribution in [-0.4, -0.2) is 29.9 Å². The molecule has 1 fully saturated rings. The molecule has 16 heavy (non-hydrogen) atoms. The van der Waals surface area contributed by atoms with Crippen LogP contribution >= 0.6 is 0 Å². The zero-order chi connectivity index (χ0) is 12.5. The van der Waals surface area contributed by atoms with E-state index in [9.17, 15) is 4.79 Å². The molecule has 3 unspecified atom stereocenters. The highest BCUT2D eigenvalue weighted by molar-refractivity contribution is 5.83. The summed E-state index contributed by atoms with van der Waals surface area (Å²) in [5.74, 6) is 0.703. The molecule has 1 saturated carbocycles. The molecule has 0 aromatic carbocycles. The number of hydrogen-bond donors (Lipinski definition) is 1. The van der Waals surface area contributed by atoms with Crippen molar-refractivity contribution in [2.75, 3.05) is 7.05 Å². The molecule has 0 aromatic heterocycles. The van der Waals surface area contributed by atoms with Gasteiger partial charge in [0.2, 0.25) is 5.91 Å². The molecule has 1 amide bonds. The Labute approximate surface area is 99.4 Å². The van der Waals surface area contributed by atoms with E-state index in [1.54, 1.807) is 0 Å². The van der Waals surface area contributed by atoms with Gasteiger partial charge in [-0.05, 0) is 32.6 Å². The first-order chi connectivity index (χ1) is 7.30. The molecular formula is C13H26N2O. The molecule has 0 radical (unpaired) electrons. The molecule has 1 rings (SSSR count). The highest BCUT2D eigenvalue weighted by Crippen LogP contribution is 2.38. The predicted octanol–water partition coefficient (Wildman–Crippen LogP) is 2.01. The zero-order valence-corrected chi connectivity index (χ0v) is 11.3. The van der Waals surface area contributed by atoms with Crippen LogP contribution in [0.15, 0.2) is 0 Å². The van der Waals surface area contributed by atoms with Gasteiger partial charge in [0.05, 0.1) is 5.41 Å². The van der Waals surface area contributed by atoms with E-state index in [0.717, 1.165) is 19.3 Å². The first kappa shape index (κ1) is 13.5. The van der Waals surface area contributed by atoms with Gasteiger partial charge >= 0.3 is 0 Å². The predicted molar refractivity (Wildman–Crippen MR) is 67.0 cm³/mol. The van der Waals surface area contributed by atoms with Crippen LogP contribution < -0.4 is 5.73 Å². The molecule has 0 bridgehead atoms. The van der Waals surface area contributed by atoms with Crippen LogP contribution in [0, 0.1) is 11.3 Å². The number of nitrogens with zero attached hydrogens (tertiary/aromatic N) is 1. The van der Waals surface area contributed by atoms with Crippen LogP contribution in [-0.2, 0) is 4.79 Å². The zero-order valence-electron chi connectivity index (χ0n) is 11.3. The fourth-order valence-electron chi connectivity index (χ4n) is 2.49. The second-order valence-corrected chi connectivity index (χ2v) is 5.82. The first-order valence-corrected chi connectivity index (χ1v) is 6.33. The van der Waals surface area contributed by atoms with Crippen molar-refractivity contribution in [2.24, 2.45) is 17.1 Å². The van der Waals surface area contributed by atoms with E-state index < -0.39 is 0 Å². The van der Waals surface area contributed by atoms with Crippen molar-refractivity contribution < 1.29 is 4.79 Å². The van der Waals surface area contributed by atoms with Gasteiger partial charge in [-0.3, -0.25) is 4.79 Å². The third kappa shape index (κ3) is 2.24. The Kier molecular flexibility index (Phi) is 4.00. The second kappa shape index (κ2) is 4.74. The van der Waals surface area contributed by atoms with Crippen LogP contribution in [0.2, 0.25) is 0 Å². The molecule has 0 heterocycles. The summed E-state index contributed by atoms with van der Waals surface area (Å²) in [4.78, 5) is 14.4. The van der Waals surface area contributed by atoms with Gasteiger partial charge in [-0.15, -0.1) is 0 Å². The highest BCUT2D eigenvalue weighted by atomic mass is 16.2. The summed E-state index contributed by atoms with van der Waals surface area (Å²) in [5, 5.41) is 0. The lowest BCUT2D eigenvalue weighted by Crippen LogP contribution is -2.51. The smallest absolute Gasteiger partial charge is 0.230 e. The third-order valence-electron chi connectivity index (χ3n) is 4.41. The van der Waals surface area contributed by atoms with Gasteiger partial charge < -0.3 is 10.6 Å². The molecule has 3 nitrogen and oxygen atoms in total. The Morgan fingerprint density at radius 1 is 1.44 bits per heavy atom. The van der Waals surface area contributed by atoms with E-state index in [0.29, 0.717) is 5.92 Å². The number of hydrogen-bond acceptors (Lipinski definition) is 2. The van der Waals surface area contributed by atoms with Gasteiger partial charge in [0.15, 0.2) is 0 Å². The van der Waals surface area contributed by atoms with Crippen molar-refractivity contribution in [1.29, 1.82) is 0 Å². The molecule has 1 aliphatic carbocycles. The Morgan fingerprint density at radius 3 is 2.38 bits per heavy atom. The Bertz CT molecular complexity index is 265. The van der Waals surface area contributed by atoms with Gasteiger partial charge in [0, 0.05) is 19.1 Å². The normalized spacial score (nSPS) is 31.8. The van der Waals surface area contributed by atoms with Crippen LogP contribution in [0.4, 0.5) is 0 Å². The van der Waals surface area contributed by atoms with Crippen molar-refractivity contribution in [1.82, 2.24) is 4.90 Å². The minimum Gasteiger partial charge on any atom is -0.342 e. The lowest BCUT2D eigenvalue weighted by molar-refractivity contribution is -0.143. The van der Waals surface area contributed by atoms with Crippen molar-refractivity contribution in [3.05, 3.63) is 0 Å². The molecule has 0 saturated heterocycles. The number of carbonyl (C=O) groups excluding carboxylic acids is 1. The van der Waals surface area contributed by atoms with E-state index in [-0.39, 0.29) is 23.4 Å². The molecule has 3 heteroatoms. The second-order valence-electron chi connectivity index (χ2n) is 5.82. The molecule has 0 spiro atoms. The summed E-state index contributed by atoms with van der Waals surface area (Å²) in [6.45, 7) is 8.42. The molecule has 94 valence electrons. The summed E-state index contributed by atoms with van der Waals surface area (Å²) in [7, 11) is 1.91. The van der Waals surface area contributed by atoms with Gasteiger partial charge in [0.25, 0.3) is 0 Å². The third-order valence-corrected chi connectivity index (χ3v) is 4.41. The van der Waals surface area contributed by atoms with E-state index in [4.69, 9.17) is 5.73 Å². The highest BCUT2D eigenvalue weighted by Gasteiger charge is 2.45. The molecule has 1 aliphatic rings. The minimum atomic E-state index is -0.335. The maximum Gasteiger partial charge on any atom is 0.230 e. The van der Waals surface area contributed by atoms with Gasteiger partial charge in [0.1, 0.15) is 0 Å². The van der Waals surface area contributed by atoms with Crippen molar-refractivity contribution >= 4 is 5.91 Å². The molecule has 0 aromatic rings. The van der Waals surface area contributed by atoms with Gasteiger partial charge in [-0.2, -0.15) is 0 Å². The summed E-state index contributed by atoms with van der Waals surface area (Å²) >= 11 is 0. The monoisotopic (exact) mass is 226 g/mol. The largest absolute Gasteiger partial charge is 0.342 e. The van der Waals surface area contributed by atoms with E-state index >= 15 is 0 Å². The van der Waals surface area contributed by atoms with Crippen LogP contribution in [0.1, 0.15) is 47.0 Å². The van der Waals surface area contributed by atoms with Gasteiger partial charge in [-0.1, -0.05) is 20.3 Å². The summed E-state index contributed by atoms with van der Waals surface area (Å²) in [5.41, 5.74) is 5.75. The quantitative estimate of drug-likeness (QED) is 0.800. The number of nitrogens with two attached hydrogens (primary N) is 1.